The lowest BCUT2D eigenvalue weighted by Crippen LogP contribution is -2.14. The van der Waals surface area contributed by atoms with E-state index in [9.17, 15) is 0 Å². The molecule has 0 aliphatic carbocycles. The van der Waals surface area contributed by atoms with Gasteiger partial charge in [0.15, 0.2) is 0 Å². The fourth-order valence-corrected chi connectivity index (χ4v) is 15.9. The molecule has 0 atom stereocenters. The van der Waals surface area contributed by atoms with E-state index in [1.54, 1.807) is 0 Å². The highest BCUT2D eigenvalue weighted by molar-refractivity contribution is 7.26. The lowest BCUT2D eigenvalue weighted by Gasteiger charge is -2.31. The van der Waals surface area contributed by atoms with E-state index in [0.29, 0.717) is 0 Å². The van der Waals surface area contributed by atoms with E-state index in [1.165, 1.54) is 129 Å². The van der Waals surface area contributed by atoms with Crippen molar-refractivity contribution in [3.63, 3.8) is 0 Å². The molecule has 0 N–H and O–H groups in total. The summed E-state index contributed by atoms with van der Waals surface area (Å²) in [5.41, 5.74) is 28.1. The van der Waals surface area contributed by atoms with Crippen LogP contribution in [0.25, 0.3) is 118 Å². The highest BCUT2D eigenvalue weighted by Crippen LogP contribution is 2.49. The Morgan fingerprint density at radius 3 is 0.913 bits per heavy atom. The molecule has 16 rings (SSSR count). The van der Waals surface area contributed by atoms with Crippen LogP contribution in [0.15, 0.2) is 315 Å². The van der Waals surface area contributed by atoms with Crippen LogP contribution in [0.1, 0.15) is 22.3 Å². The summed E-state index contributed by atoms with van der Waals surface area (Å²) < 4.78 is 5.26. The molecule has 2 aromatic heterocycles. The molecule has 0 saturated carbocycles. The summed E-state index contributed by atoms with van der Waals surface area (Å²) in [6, 6.07) is 117. The Morgan fingerprint density at radius 1 is 0.207 bits per heavy atom. The van der Waals surface area contributed by atoms with Crippen LogP contribution in [0, 0.1) is 27.7 Å². The number of fused-ring (bicyclic) bond motifs is 6. The summed E-state index contributed by atoms with van der Waals surface area (Å²) in [4.78, 5) is 4.98. The van der Waals surface area contributed by atoms with Gasteiger partial charge in [-0.2, -0.15) is 0 Å². The quantitative estimate of drug-likeness (QED) is 0.114. The number of benzene rings is 14. The Balaban J connectivity index is 0.786. The number of nitrogens with zero attached hydrogens (tertiary/aromatic N) is 2. The first kappa shape index (κ1) is 56.4. The fraction of sp³-hybridized carbons (Fsp3) is 0.0455. The van der Waals surface area contributed by atoms with Gasteiger partial charge in [-0.25, -0.2) is 0 Å². The largest absolute Gasteiger partial charge is 0.309 e. The molecule has 4 heteroatoms. The molecule has 2 nitrogen and oxygen atoms in total. The predicted octanol–water partition coefficient (Wildman–Crippen LogP) is 26.3. The van der Waals surface area contributed by atoms with Crippen molar-refractivity contribution in [1.29, 1.82) is 0 Å². The van der Waals surface area contributed by atoms with Crippen molar-refractivity contribution in [3.8, 4) is 77.9 Å². The second-order valence-corrected chi connectivity index (χ2v) is 26.4. The Hall–Kier alpha value is -10.9. The maximum Gasteiger partial charge on any atom is 0.0569 e. The fourth-order valence-electron chi connectivity index (χ4n) is 13.7. The van der Waals surface area contributed by atoms with E-state index in [2.05, 4.69) is 353 Å². The molecule has 0 fully saturated rings. The van der Waals surface area contributed by atoms with Gasteiger partial charge in [-0.15, -0.1) is 22.7 Å². The van der Waals surface area contributed by atoms with Crippen molar-refractivity contribution in [1.82, 2.24) is 0 Å². The number of para-hydroxylation sites is 2. The first-order valence-electron chi connectivity index (χ1n) is 31.6. The third kappa shape index (κ3) is 10.4. The molecule has 16 aromatic rings. The van der Waals surface area contributed by atoms with Crippen molar-refractivity contribution in [3.05, 3.63) is 338 Å². The summed E-state index contributed by atoms with van der Waals surface area (Å²) in [7, 11) is 0. The van der Waals surface area contributed by atoms with E-state index in [1.807, 2.05) is 22.7 Å². The SMILES string of the molecule is Cc1cc(-c2ccc(N(c3ccc(-c4ccc5sc6ccccc6c5c4)cc3)c3c(C)cccc3-c3ccc(-c4ccccc4)cc3)c(C)c2)ccc1N(c1ccc(-c2ccc3sc4ccccc4c3c2)cc1)c1c(C)cccc1-c1ccc(-c2ccccc2)cc1. The molecule has 0 amide bonds. The van der Waals surface area contributed by atoms with Crippen molar-refractivity contribution in [2.24, 2.45) is 0 Å². The van der Waals surface area contributed by atoms with Crippen LogP contribution in [0.5, 0.6) is 0 Å². The number of anilines is 6. The van der Waals surface area contributed by atoms with Gasteiger partial charge in [-0.1, -0.05) is 231 Å². The summed E-state index contributed by atoms with van der Waals surface area (Å²) >= 11 is 3.72. The molecular formula is C88H64N2S2. The molecular weight excluding hydrogens is 1150 g/mol. The number of thiophene rings is 2. The van der Waals surface area contributed by atoms with Gasteiger partial charge >= 0.3 is 0 Å². The van der Waals surface area contributed by atoms with Crippen LogP contribution in [0.3, 0.4) is 0 Å². The summed E-state index contributed by atoms with van der Waals surface area (Å²) in [6.07, 6.45) is 0. The van der Waals surface area contributed by atoms with Crippen LogP contribution in [0.4, 0.5) is 34.1 Å². The zero-order chi connectivity index (χ0) is 61.8. The van der Waals surface area contributed by atoms with Gasteiger partial charge in [0.2, 0.25) is 0 Å². The van der Waals surface area contributed by atoms with E-state index < -0.39 is 0 Å². The van der Waals surface area contributed by atoms with E-state index in [-0.39, 0.29) is 0 Å². The molecule has 0 unspecified atom stereocenters. The Kier molecular flexibility index (Phi) is 14.6. The first-order chi connectivity index (χ1) is 45.2. The van der Waals surface area contributed by atoms with Gasteiger partial charge in [-0.05, 0) is 202 Å². The van der Waals surface area contributed by atoms with Crippen LogP contribution >= 0.6 is 22.7 Å². The van der Waals surface area contributed by atoms with Gasteiger partial charge < -0.3 is 9.80 Å². The van der Waals surface area contributed by atoms with Gasteiger partial charge in [0.1, 0.15) is 0 Å². The number of aryl methyl sites for hydroxylation is 4. The molecule has 0 radical (unpaired) electrons. The monoisotopic (exact) mass is 1210 g/mol. The number of rotatable bonds is 13. The van der Waals surface area contributed by atoms with Gasteiger partial charge in [-0.3, -0.25) is 0 Å². The van der Waals surface area contributed by atoms with Gasteiger partial charge in [0.05, 0.1) is 11.4 Å². The second-order valence-electron chi connectivity index (χ2n) is 24.2. The molecule has 0 spiro atoms. The van der Waals surface area contributed by atoms with Crippen LogP contribution in [-0.2, 0) is 0 Å². The summed E-state index contributed by atoms with van der Waals surface area (Å²) in [6.45, 7) is 9.04. The predicted molar refractivity (Wildman–Crippen MR) is 399 cm³/mol. The third-order valence-electron chi connectivity index (χ3n) is 18.4. The average molecular weight is 1210 g/mol. The van der Waals surface area contributed by atoms with E-state index in [0.717, 1.165) is 45.3 Å². The van der Waals surface area contributed by atoms with Crippen molar-refractivity contribution >= 4 is 97.1 Å². The molecule has 438 valence electrons. The first-order valence-corrected chi connectivity index (χ1v) is 33.2. The van der Waals surface area contributed by atoms with Crippen LogP contribution < -0.4 is 9.80 Å². The summed E-state index contributed by atoms with van der Waals surface area (Å²) in [5, 5.41) is 5.23. The zero-order valence-electron chi connectivity index (χ0n) is 51.7. The zero-order valence-corrected chi connectivity index (χ0v) is 53.4. The Bertz CT molecular complexity index is 5070. The number of hydrogen-bond acceptors (Lipinski definition) is 4. The highest BCUT2D eigenvalue weighted by Gasteiger charge is 2.25. The standard InChI is InChI=1S/C88H64N2S2/c1-57-17-15-25-75(67-33-29-63(30-34-67)61-19-7-5-8-20-61)87(57)89(73-45-37-65(38-46-73)71-43-51-85-79(55-71)77-23-11-13-27-83(77)91-85)81-49-41-69(53-59(81)3)70-42-50-82(60(4)54-70)90(88-58(2)18-16-26-76(88)68-35-31-64(32-36-68)62-21-9-6-10-22-62)74-47-39-66(40-48-74)72-44-52-86-80(56-72)78-24-12-14-28-84(78)92-86/h5-56H,1-4H3. The molecule has 14 aromatic carbocycles. The normalized spacial score (nSPS) is 11.5. The van der Waals surface area contributed by atoms with Gasteiger partial charge in [0.25, 0.3) is 0 Å². The molecule has 92 heavy (non-hydrogen) atoms. The van der Waals surface area contributed by atoms with Gasteiger partial charge in [0, 0.05) is 74.2 Å². The van der Waals surface area contributed by atoms with Crippen molar-refractivity contribution in [2.75, 3.05) is 9.80 Å². The number of hydrogen-bond donors (Lipinski definition) is 0. The summed E-state index contributed by atoms with van der Waals surface area (Å²) in [5.74, 6) is 0. The van der Waals surface area contributed by atoms with Crippen LogP contribution in [0.2, 0.25) is 0 Å². The van der Waals surface area contributed by atoms with E-state index in [4.69, 9.17) is 0 Å². The average Bonchev–Trinajstić information content (AvgIpc) is 1.29. The smallest absolute Gasteiger partial charge is 0.0569 e. The lowest BCUT2D eigenvalue weighted by atomic mass is 9.94. The minimum Gasteiger partial charge on any atom is -0.309 e. The molecule has 0 aliphatic heterocycles. The minimum atomic E-state index is 1.09. The Labute approximate surface area is 546 Å². The maximum atomic E-state index is 2.49. The van der Waals surface area contributed by atoms with Crippen LogP contribution in [-0.4, -0.2) is 0 Å². The van der Waals surface area contributed by atoms with Crippen molar-refractivity contribution < 1.29 is 0 Å². The Morgan fingerprint density at radius 2 is 0.511 bits per heavy atom. The van der Waals surface area contributed by atoms with Crippen molar-refractivity contribution in [2.45, 2.75) is 27.7 Å². The second kappa shape index (κ2) is 23.8. The minimum absolute atomic E-state index is 1.09. The molecule has 0 saturated heterocycles. The maximum absolute atomic E-state index is 2.49. The highest BCUT2D eigenvalue weighted by atomic mass is 32.1. The molecule has 0 aliphatic rings. The van der Waals surface area contributed by atoms with E-state index >= 15 is 0 Å². The molecule has 2 heterocycles. The topological polar surface area (TPSA) is 6.48 Å². The third-order valence-corrected chi connectivity index (χ3v) is 20.7. The molecule has 0 bridgehead atoms. The lowest BCUT2D eigenvalue weighted by molar-refractivity contribution is 1.22.